The van der Waals surface area contributed by atoms with E-state index in [1.807, 2.05) is 38.1 Å². The van der Waals surface area contributed by atoms with E-state index >= 15 is 0 Å². The lowest BCUT2D eigenvalue weighted by Gasteiger charge is -2.04. The zero-order valence-corrected chi connectivity index (χ0v) is 13.7. The Hall–Kier alpha value is -3.49. The van der Waals surface area contributed by atoms with E-state index in [0.29, 0.717) is 24.0 Å². The third-order valence-electron chi connectivity index (χ3n) is 3.79. The third kappa shape index (κ3) is 2.65. The highest BCUT2D eigenvalue weighted by atomic mass is 16.5. The van der Waals surface area contributed by atoms with E-state index < -0.39 is 0 Å². The highest BCUT2D eigenvalue weighted by molar-refractivity contribution is 5.60. The molecule has 4 aromatic rings. The van der Waals surface area contributed by atoms with E-state index in [2.05, 4.69) is 25.3 Å². The largest absolute Gasteiger partial charge is 0.332 e. The smallest absolute Gasteiger partial charge is 0.330 e. The molecule has 0 saturated carbocycles. The van der Waals surface area contributed by atoms with Gasteiger partial charge in [0.25, 0.3) is 5.89 Å². The molecule has 0 aliphatic rings. The van der Waals surface area contributed by atoms with Crippen molar-refractivity contribution in [3.8, 4) is 28.7 Å². The van der Waals surface area contributed by atoms with Crippen LogP contribution in [0.3, 0.4) is 0 Å². The normalized spacial score (nSPS) is 11.1. The first-order valence-electron chi connectivity index (χ1n) is 7.77. The Bertz CT molecular complexity index is 1090. The van der Waals surface area contributed by atoms with Crippen LogP contribution in [0.25, 0.3) is 28.7 Å². The summed E-state index contributed by atoms with van der Waals surface area (Å²) < 4.78 is 6.87. The van der Waals surface area contributed by atoms with Gasteiger partial charge in [0, 0.05) is 17.5 Å². The summed E-state index contributed by atoms with van der Waals surface area (Å²) in [6.45, 7) is 4.46. The average Bonchev–Trinajstić information content (AvgIpc) is 3.34. The van der Waals surface area contributed by atoms with Crippen molar-refractivity contribution in [1.82, 2.24) is 34.7 Å². The highest BCUT2D eigenvalue weighted by Gasteiger charge is 2.14. The Morgan fingerprint density at radius 1 is 1.32 bits per heavy atom. The van der Waals surface area contributed by atoms with Crippen LogP contribution < -0.4 is 5.69 Å². The number of aromatic nitrogens is 7. The molecule has 0 radical (unpaired) electrons. The Morgan fingerprint density at radius 3 is 2.92 bits per heavy atom. The molecular formula is C16H15N7O2. The maximum atomic E-state index is 11.9. The van der Waals surface area contributed by atoms with Gasteiger partial charge in [-0.15, -0.1) is 5.10 Å². The van der Waals surface area contributed by atoms with Gasteiger partial charge in [-0.25, -0.2) is 4.79 Å². The number of hydrogen-bond donors (Lipinski definition) is 1. The molecule has 126 valence electrons. The molecule has 0 spiro atoms. The van der Waals surface area contributed by atoms with Crippen LogP contribution >= 0.6 is 0 Å². The van der Waals surface area contributed by atoms with E-state index in [9.17, 15) is 4.79 Å². The second kappa shape index (κ2) is 5.86. The summed E-state index contributed by atoms with van der Waals surface area (Å²) in [4.78, 5) is 20.5. The summed E-state index contributed by atoms with van der Waals surface area (Å²) in [5.41, 5.74) is 2.61. The molecule has 4 rings (SSSR count). The number of imidazole rings is 1. The molecule has 9 heteroatoms. The van der Waals surface area contributed by atoms with E-state index in [1.54, 1.807) is 21.8 Å². The minimum atomic E-state index is -0.195. The van der Waals surface area contributed by atoms with Gasteiger partial charge < -0.3 is 9.51 Å². The summed E-state index contributed by atoms with van der Waals surface area (Å²) in [6, 6.07) is 7.38. The van der Waals surface area contributed by atoms with Crippen molar-refractivity contribution in [1.29, 1.82) is 0 Å². The van der Waals surface area contributed by atoms with Crippen molar-refractivity contribution in [3.63, 3.8) is 0 Å². The van der Waals surface area contributed by atoms with Gasteiger partial charge in [-0.1, -0.05) is 17.3 Å². The zero-order chi connectivity index (χ0) is 17.4. The topological polar surface area (TPSA) is 107 Å². The maximum absolute atomic E-state index is 11.9. The molecule has 1 aromatic carbocycles. The van der Waals surface area contributed by atoms with Gasteiger partial charge in [0.15, 0.2) is 5.69 Å². The van der Waals surface area contributed by atoms with Gasteiger partial charge in [-0.2, -0.15) is 14.9 Å². The molecule has 0 atom stereocenters. The van der Waals surface area contributed by atoms with Crippen LogP contribution in [0.5, 0.6) is 0 Å². The van der Waals surface area contributed by atoms with E-state index in [-0.39, 0.29) is 5.69 Å². The van der Waals surface area contributed by atoms with Crippen LogP contribution in [0.2, 0.25) is 0 Å². The molecule has 3 heterocycles. The number of aromatic amines is 1. The molecule has 0 aliphatic heterocycles. The second-order valence-electron chi connectivity index (χ2n) is 5.46. The fourth-order valence-corrected chi connectivity index (χ4v) is 2.55. The summed E-state index contributed by atoms with van der Waals surface area (Å²) in [6.07, 6.45) is 3.25. The number of H-pyrrole nitrogens is 1. The summed E-state index contributed by atoms with van der Waals surface area (Å²) in [7, 11) is 0. The number of rotatable bonds is 4. The van der Waals surface area contributed by atoms with Crippen LogP contribution in [-0.4, -0.2) is 34.7 Å². The van der Waals surface area contributed by atoms with Gasteiger partial charge in [0.2, 0.25) is 5.82 Å². The predicted molar refractivity (Wildman–Crippen MR) is 89.1 cm³/mol. The van der Waals surface area contributed by atoms with Crippen LogP contribution in [0, 0.1) is 6.92 Å². The fraction of sp³-hybridized carbons (Fsp3) is 0.188. The lowest BCUT2D eigenvalue weighted by Crippen LogP contribution is -2.15. The molecule has 25 heavy (non-hydrogen) atoms. The van der Waals surface area contributed by atoms with Crippen molar-refractivity contribution in [3.05, 3.63) is 52.8 Å². The number of hydrogen-bond acceptors (Lipinski definition) is 6. The molecule has 3 aromatic heterocycles. The summed E-state index contributed by atoms with van der Waals surface area (Å²) in [5.74, 6) is 0.722. The van der Waals surface area contributed by atoms with Crippen molar-refractivity contribution >= 4 is 0 Å². The van der Waals surface area contributed by atoms with Crippen LogP contribution in [-0.2, 0) is 6.54 Å². The van der Waals surface area contributed by atoms with Gasteiger partial charge >= 0.3 is 5.69 Å². The molecule has 0 saturated heterocycles. The Kier molecular flexibility index (Phi) is 3.53. The second-order valence-corrected chi connectivity index (χ2v) is 5.46. The highest BCUT2D eigenvalue weighted by Crippen LogP contribution is 2.22. The Morgan fingerprint density at radius 2 is 2.20 bits per heavy atom. The Balaban J connectivity index is 1.71. The van der Waals surface area contributed by atoms with E-state index in [0.717, 1.165) is 16.9 Å². The first-order valence-corrected chi connectivity index (χ1v) is 7.77. The fourth-order valence-electron chi connectivity index (χ4n) is 2.55. The van der Waals surface area contributed by atoms with Crippen molar-refractivity contribution < 1.29 is 4.52 Å². The first-order chi connectivity index (χ1) is 12.2. The van der Waals surface area contributed by atoms with Crippen molar-refractivity contribution in [2.45, 2.75) is 20.4 Å². The molecule has 9 nitrogen and oxygen atoms in total. The van der Waals surface area contributed by atoms with Crippen LogP contribution in [0.4, 0.5) is 0 Å². The SMILES string of the molecule is CCn1ncc(-c2nc(-c3cccc(-n4c(C)c[nH]c4=O)c3)no2)n1. The molecule has 0 unspecified atom stereocenters. The molecule has 0 aliphatic carbocycles. The minimum Gasteiger partial charge on any atom is -0.332 e. The van der Waals surface area contributed by atoms with Crippen LogP contribution in [0.15, 0.2) is 46.0 Å². The molecule has 0 amide bonds. The summed E-state index contributed by atoms with van der Waals surface area (Å²) in [5, 5.41) is 12.4. The number of nitrogens with one attached hydrogen (secondary N) is 1. The third-order valence-corrected chi connectivity index (χ3v) is 3.79. The molecular weight excluding hydrogens is 322 g/mol. The quantitative estimate of drug-likeness (QED) is 0.608. The maximum Gasteiger partial charge on any atom is 0.330 e. The molecule has 1 N–H and O–H groups in total. The lowest BCUT2D eigenvalue weighted by atomic mass is 10.2. The van der Waals surface area contributed by atoms with Gasteiger partial charge in [-0.3, -0.25) is 4.57 Å². The number of aryl methyl sites for hydroxylation is 2. The zero-order valence-electron chi connectivity index (χ0n) is 13.7. The first kappa shape index (κ1) is 15.1. The summed E-state index contributed by atoms with van der Waals surface area (Å²) >= 11 is 0. The Labute approximate surface area is 141 Å². The number of benzene rings is 1. The van der Waals surface area contributed by atoms with Gasteiger partial charge in [0.05, 0.1) is 18.4 Å². The standard InChI is InChI=1S/C16H15N7O2/c1-3-22-18-9-13(20-22)15-19-14(21-25-15)11-5-4-6-12(7-11)23-10(2)8-17-16(23)24/h4-9H,3H2,1-2H3,(H,17,24). The van der Waals surface area contributed by atoms with Crippen molar-refractivity contribution in [2.24, 2.45) is 0 Å². The lowest BCUT2D eigenvalue weighted by molar-refractivity contribution is 0.430. The van der Waals surface area contributed by atoms with Gasteiger partial charge in [-0.05, 0) is 26.0 Å². The van der Waals surface area contributed by atoms with Crippen LogP contribution in [0.1, 0.15) is 12.6 Å². The average molecular weight is 337 g/mol. The molecule has 0 fully saturated rings. The van der Waals surface area contributed by atoms with E-state index in [4.69, 9.17) is 4.52 Å². The molecule has 0 bridgehead atoms. The number of nitrogens with zero attached hydrogens (tertiary/aromatic N) is 6. The minimum absolute atomic E-state index is 0.195. The predicted octanol–water partition coefficient (Wildman–Crippen LogP) is 1.80. The monoisotopic (exact) mass is 337 g/mol. The van der Waals surface area contributed by atoms with Crippen molar-refractivity contribution in [2.75, 3.05) is 0 Å². The van der Waals surface area contributed by atoms with E-state index in [1.165, 1.54) is 0 Å². The van der Waals surface area contributed by atoms with Gasteiger partial charge in [0.1, 0.15) is 0 Å².